The summed E-state index contributed by atoms with van der Waals surface area (Å²) >= 11 is 0. The van der Waals surface area contributed by atoms with Crippen LogP contribution in [0.3, 0.4) is 0 Å². The quantitative estimate of drug-likeness (QED) is 0.878. The zero-order valence-corrected chi connectivity index (χ0v) is 11.0. The maximum atomic E-state index is 9.40. The SMILES string of the molecule is C[C@@H](O)c1ccc(OCC=Cc2ccccc2)cc1. The highest BCUT2D eigenvalue weighted by molar-refractivity contribution is 5.48. The molecule has 0 heterocycles. The summed E-state index contributed by atoms with van der Waals surface area (Å²) in [5.41, 5.74) is 2.06. The van der Waals surface area contributed by atoms with Crippen molar-refractivity contribution in [2.24, 2.45) is 0 Å². The predicted octanol–water partition coefficient (Wildman–Crippen LogP) is 3.83. The summed E-state index contributed by atoms with van der Waals surface area (Å²) in [6.45, 7) is 2.28. The van der Waals surface area contributed by atoms with Gasteiger partial charge in [0.1, 0.15) is 12.4 Å². The van der Waals surface area contributed by atoms with Crippen molar-refractivity contribution in [2.75, 3.05) is 6.61 Å². The van der Waals surface area contributed by atoms with E-state index in [9.17, 15) is 5.11 Å². The maximum Gasteiger partial charge on any atom is 0.119 e. The molecule has 0 fully saturated rings. The van der Waals surface area contributed by atoms with Gasteiger partial charge in [-0.2, -0.15) is 0 Å². The molecule has 0 aromatic heterocycles. The highest BCUT2D eigenvalue weighted by Gasteiger charge is 1.99. The summed E-state index contributed by atoms with van der Waals surface area (Å²) in [6.07, 6.45) is 3.58. The lowest BCUT2D eigenvalue weighted by atomic mass is 10.1. The fraction of sp³-hybridized carbons (Fsp3) is 0.176. The average molecular weight is 254 g/mol. The van der Waals surface area contributed by atoms with Crippen LogP contribution in [-0.4, -0.2) is 11.7 Å². The highest BCUT2D eigenvalue weighted by atomic mass is 16.5. The van der Waals surface area contributed by atoms with E-state index in [1.54, 1.807) is 6.92 Å². The van der Waals surface area contributed by atoms with Crippen molar-refractivity contribution in [2.45, 2.75) is 13.0 Å². The molecule has 2 rings (SSSR count). The number of hydrogen-bond acceptors (Lipinski definition) is 2. The number of rotatable bonds is 5. The minimum Gasteiger partial charge on any atom is -0.490 e. The van der Waals surface area contributed by atoms with Gasteiger partial charge in [-0.15, -0.1) is 0 Å². The summed E-state index contributed by atoms with van der Waals surface area (Å²) in [5.74, 6) is 0.808. The number of aliphatic hydroxyl groups excluding tert-OH is 1. The Labute approximate surface area is 114 Å². The predicted molar refractivity (Wildman–Crippen MR) is 78.0 cm³/mol. The average Bonchev–Trinajstić information content (AvgIpc) is 2.45. The van der Waals surface area contributed by atoms with Gasteiger partial charge in [0.2, 0.25) is 0 Å². The van der Waals surface area contributed by atoms with E-state index in [1.807, 2.05) is 66.7 Å². The van der Waals surface area contributed by atoms with Gasteiger partial charge in [0.05, 0.1) is 6.10 Å². The molecule has 2 aromatic carbocycles. The minimum atomic E-state index is -0.438. The third-order valence-corrected chi connectivity index (χ3v) is 2.82. The molecule has 0 aliphatic carbocycles. The van der Waals surface area contributed by atoms with E-state index in [1.165, 1.54) is 0 Å². The summed E-state index contributed by atoms with van der Waals surface area (Å²) < 4.78 is 5.59. The summed E-state index contributed by atoms with van der Waals surface area (Å²) in [4.78, 5) is 0. The molecular formula is C17H18O2. The fourth-order valence-electron chi connectivity index (χ4n) is 1.74. The largest absolute Gasteiger partial charge is 0.490 e. The molecule has 2 heteroatoms. The van der Waals surface area contributed by atoms with Gasteiger partial charge in [-0.05, 0) is 36.3 Å². The lowest BCUT2D eigenvalue weighted by molar-refractivity contribution is 0.199. The van der Waals surface area contributed by atoms with Crippen LogP contribution >= 0.6 is 0 Å². The second kappa shape index (κ2) is 6.76. The molecule has 0 unspecified atom stereocenters. The molecule has 0 spiro atoms. The smallest absolute Gasteiger partial charge is 0.119 e. The number of ether oxygens (including phenoxy) is 1. The second-order valence-corrected chi connectivity index (χ2v) is 4.37. The Morgan fingerprint density at radius 1 is 1.05 bits per heavy atom. The molecule has 0 saturated heterocycles. The summed E-state index contributed by atoms with van der Waals surface area (Å²) in [5, 5.41) is 9.40. The van der Waals surface area contributed by atoms with Gasteiger partial charge in [-0.3, -0.25) is 0 Å². The van der Waals surface area contributed by atoms with Crippen molar-refractivity contribution in [3.8, 4) is 5.75 Å². The first kappa shape index (κ1) is 13.4. The summed E-state index contributed by atoms with van der Waals surface area (Å²) in [7, 11) is 0. The van der Waals surface area contributed by atoms with Crippen LogP contribution < -0.4 is 4.74 Å². The van der Waals surface area contributed by atoms with E-state index in [0.29, 0.717) is 6.61 Å². The Balaban J connectivity index is 1.84. The third-order valence-electron chi connectivity index (χ3n) is 2.82. The van der Waals surface area contributed by atoms with E-state index in [4.69, 9.17) is 4.74 Å². The van der Waals surface area contributed by atoms with Gasteiger partial charge >= 0.3 is 0 Å². The molecule has 98 valence electrons. The van der Waals surface area contributed by atoms with Crippen LogP contribution in [0.1, 0.15) is 24.2 Å². The van der Waals surface area contributed by atoms with Gasteiger partial charge in [-0.25, -0.2) is 0 Å². The van der Waals surface area contributed by atoms with Crippen LogP contribution in [0.5, 0.6) is 5.75 Å². The minimum absolute atomic E-state index is 0.438. The van der Waals surface area contributed by atoms with Gasteiger partial charge in [0.15, 0.2) is 0 Å². The standard InChI is InChI=1S/C17H18O2/c1-14(18)16-9-11-17(12-10-16)19-13-5-8-15-6-3-2-4-7-15/h2-12,14,18H,13H2,1H3/t14-/m1/s1. The monoisotopic (exact) mass is 254 g/mol. The van der Waals surface area contributed by atoms with E-state index in [-0.39, 0.29) is 0 Å². The van der Waals surface area contributed by atoms with E-state index in [0.717, 1.165) is 16.9 Å². The topological polar surface area (TPSA) is 29.5 Å². The molecule has 0 aliphatic heterocycles. The molecule has 0 amide bonds. The van der Waals surface area contributed by atoms with E-state index >= 15 is 0 Å². The molecule has 0 radical (unpaired) electrons. The molecular weight excluding hydrogens is 236 g/mol. The lowest BCUT2D eigenvalue weighted by Gasteiger charge is -2.06. The molecule has 19 heavy (non-hydrogen) atoms. The van der Waals surface area contributed by atoms with Crippen molar-refractivity contribution < 1.29 is 9.84 Å². The Morgan fingerprint density at radius 3 is 2.37 bits per heavy atom. The van der Waals surface area contributed by atoms with Gasteiger partial charge < -0.3 is 9.84 Å². The second-order valence-electron chi connectivity index (χ2n) is 4.37. The molecule has 0 saturated carbocycles. The van der Waals surface area contributed by atoms with Gasteiger partial charge in [0, 0.05) is 0 Å². The Bertz CT molecular complexity index is 513. The van der Waals surface area contributed by atoms with Crippen molar-refractivity contribution >= 4 is 6.08 Å². The molecule has 0 aliphatic rings. The zero-order valence-electron chi connectivity index (χ0n) is 11.0. The Morgan fingerprint density at radius 2 is 1.74 bits per heavy atom. The van der Waals surface area contributed by atoms with Gasteiger partial charge in [0.25, 0.3) is 0 Å². The lowest BCUT2D eigenvalue weighted by Crippen LogP contribution is -1.95. The summed E-state index contributed by atoms with van der Waals surface area (Å²) in [6, 6.07) is 17.6. The number of hydrogen-bond donors (Lipinski definition) is 1. The molecule has 2 nitrogen and oxygen atoms in total. The molecule has 0 bridgehead atoms. The van der Waals surface area contributed by atoms with Crippen molar-refractivity contribution in [3.05, 3.63) is 71.8 Å². The first-order chi connectivity index (χ1) is 9.25. The third kappa shape index (κ3) is 4.27. The fourth-order valence-corrected chi connectivity index (χ4v) is 1.74. The van der Waals surface area contributed by atoms with Crippen molar-refractivity contribution in [1.82, 2.24) is 0 Å². The first-order valence-corrected chi connectivity index (χ1v) is 6.38. The first-order valence-electron chi connectivity index (χ1n) is 6.38. The van der Waals surface area contributed by atoms with Crippen LogP contribution in [0.25, 0.3) is 6.08 Å². The van der Waals surface area contributed by atoms with Crippen molar-refractivity contribution in [1.29, 1.82) is 0 Å². The molecule has 1 N–H and O–H groups in total. The van der Waals surface area contributed by atoms with Crippen LogP contribution in [0.4, 0.5) is 0 Å². The normalized spacial score (nSPS) is 12.5. The van der Waals surface area contributed by atoms with Crippen molar-refractivity contribution in [3.63, 3.8) is 0 Å². The number of benzene rings is 2. The zero-order chi connectivity index (χ0) is 13.5. The van der Waals surface area contributed by atoms with E-state index in [2.05, 4.69) is 0 Å². The molecule has 1 atom stereocenters. The number of aliphatic hydroxyl groups is 1. The van der Waals surface area contributed by atoms with Crippen LogP contribution in [0, 0.1) is 0 Å². The van der Waals surface area contributed by atoms with Crippen LogP contribution in [-0.2, 0) is 0 Å². The van der Waals surface area contributed by atoms with Crippen LogP contribution in [0.2, 0.25) is 0 Å². The van der Waals surface area contributed by atoms with Crippen LogP contribution in [0.15, 0.2) is 60.7 Å². The Hall–Kier alpha value is -2.06. The maximum absolute atomic E-state index is 9.40. The Kier molecular flexibility index (Phi) is 4.76. The highest BCUT2D eigenvalue weighted by Crippen LogP contribution is 2.17. The van der Waals surface area contributed by atoms with E-state index < -0.39 is 6.10 Å². The molecule has 2 aromatic rings. The van der Waals surface area contributed by atoms with Gasteiger partial charge in [-0.1, -0.05) is 48.5 Å².